The van der Waals surface area contributed by atoms with Gasteiger partial charge in [0.25, 0.3) is 5.91 Å². The highest BCUT2D eigenvalue weighted by molar-refractivity contribution is 7.15. The number of rotatable bonds is 4. The highest BCUT2D eigenvalue weighted by Gasteiger charge is 2.09. The molecule has 0 saturated carbocycles. The lowest BCUT2D eigenvalue weighted by atomic mass is 10.2. The molecule has 0 aliphatic rings. The normalized spacial score (nSPS) is 10.1. The molecule has 0 unspecified atom stereocenters. The maximum Gasteiger partial charge on any atom is 0.257 e. The molecule has 5 heteroatoms. The van der Waals surface area contributed by atoms with Crippen LogP contribution in [0.4, 0.5) is 5.13 Å². The van der Waals surface area contributed by atoms with Crippen LogP contribution >= 0.6 is 11.3 Å². The first-order valence-electron chi connectivity index (χ1n) is 5.65. The predicted octanol–water partition coefficient (Wildman–Crippen LogP) is 3.10. The fourth-order valence-corrected chi connectivity index (χ4v) is 2.14. The van der Waals surface area contributed by atoms with E-state index in [4.69, 9.17) is 4.74 Å². The summed E-state index contributed by atoms with van der Waals surface area (Å²) in [4.78, 5) is 17.1. The van der Waals surface area contributed by atoms with Crippen molar-refractivity contribution in [1.29, 1.82) is 0 Å². The Kier molecular flexibility index (Phi) is 3.94. The van der Waals surface area contributed by atoms with Crippen LogP contribution in [0.3, 0.4) is 0 Å². The molecular weight excluding hydrogens is 248 g/mol. The van der Waals surface area contributed by atoms with Crippen LogP contribution in [0, 0.1) is 6.92 Å². The average Bonchev–Trinajstić information content (AvgIpc) is 2.75. The number of carbonyl (C=O) groups excluding carboxylic acids is 1. The predicted molar refractivity (Wildman–Crippen MR) is 72.4 cm³/mol. The summed E-state index contributed by atoms with van der Waals surface area (Å²) in [7, 11) is 0. The summed E-state index contributed by atoms with van der Waals surface area (Å²) in [5.74, 6) is 0.520. The molecule has 0 radical (unpaired) electrons. The van der Waals surface area contributed by atoms with Crippen molar-refractivity contribution in [1.82, 2.24) is 4.98 Å². The zero-order chi connectivity index (χ0) is 13.0. The van der Waals surface area contributed by atoms with E-state index >= 15 is 0 Å². The van der Waals surface area contributed by atoms with E-state index < -0.39 is 0 Å². The van der Waals surface area contributed by atoms with Gasteiger partial charge in [0, 0.05) is 16.6 Å². The lowest BCUT2D eigenvalue weighted by Gasteiger charge is -2.05. The first kappa shape index (κ1) is 12.6. The number of nitrogens with zero attached hydrogens (tertiary/aromatic N) is 1. The third kappa shape index (κ3) is 3.07. The van der Waals surface area contributed by atoms with Crippen molar-refractivity contribution in [3.63, 3.8) is 0 Å². The standard InChI is InChI=1S/C13H14N2O2S/c1-3-17-11-6-4-5-10(7-11)12(16)15-13-14-8-9(2)18-13/h4-8H,3H2,1-2H3,(H,14,15,16). The number of aryl methyl sites for hydroxylation is 1. The molecule has 0 aliphatic heterocycles. The number of nitrogens with one attached hydrogen (secondary N) is 1. The number of anilines is 1. The topological polar surface area (TPSA) is 51.2 Å². The Morgan fingerprint density at radius 1 is 1.50 bits per heavy atom. The smallest absolute Gasteiger partial charge is 0.257 e. The number of amides is 1. The minimum atomic E-state index is -0.175. The van der Waals surface area contributed by atoms with Crippen molar-refractivity contribution in [2.24, 2.45) is 0 Å². The number of thiazole rings is 1. The van der Waals surface area contributed by atoms with Crippen molar-refractivity contribution in [2.45, 2.75) is 13.8 Å². The largest absolute Gasteiger partial charge is 0.494 e. The first-order chi connectivity index (χ1) is 8.69. The van der Waals surface area contributed by atoms with Crippen molar-refractivity contribution < 1.29 is 9.53 Å². The van der Waals surface area contributed by atoms with E-state index in [1.54, 1.807) is 24.4 Å². The van der Waals surface area contributed by atoms with Crippen molar-refractivity contribution in [3.8, 4) is 5.75 Å². The van der Waals surface area contributed by atoms with Gasteiger partial charge in [-0.1, -0.05) is 6.07 Å². The highest BCUT2D eigenvalue weighted by Crippen LogP contribution is 2.19. The second kappa shape index (κ2) is 5.64. The SMILES string of the molecule is CCOc1cccc(C(=O)Nc2ncc(C)s2)c1. The fourth-order valence-electron chi connectivity index (χ4n) is 1.48. The van der Waals surface area contributed by atoms with Crippen molar-refractivity contribution in [3.05, 3.63) is 40.9 Å². The molecular formula is C13H14N2O2S. The summed E-state index contributed by atoms with van der Waals surface area (Å²) in [5, 5.41) is 3.37. The van der Waals surface area contributed by atoms with Crippen LogP contribution in [0.15, 0.2) is 30.5 Å². The summed E-state index contributed by atoms with van der Waals surface area (Å²) in [5.41, 5.74) is 0.564. The lowest BCUT2D eigenvalue weighted by molar-refractivity contribution is 0.102. The summed E-state index contributed by atoms with van der Waals surface area (Å²) in [6.45, 7) is 4.44. The number of benzene rings is 1. The Hall–Kier alpha value is -1.88. The van der Waals surface area contributed by atoms with Crippen molar-refractivity contribution >= 4 is 22.4 Å². The summed E-state index contributed by atoms with van der Waals surface area (Å²) in [6.07, 6.45) is 1.73. The minimum absolute atomic E-state index is 0.175. The van der Waals surface area contributed by atoms with Crippen LogP contribution in [0.5, 0.6) is 5.75 Å². The van der Waals surface area contributed by atoms with E-state index in [0.717, 1.165) is 4.88 Å². The van der Waals surface area contributed by atoms with Gasteiger partial charge in [0.15, 0.2) is 5.13 Å². The van der Waals surface area contributed by atoms with Crippen LogP contribution < -0.4 is 10.1 Å². The minimum Gasteiger partial charge on any atom is -0.494 e. The zero-order valence-electron chi connectivity index (χ0n) is 10.3. The third-order valence-electron chi connectivity index (χ3n) is 2.25. The molecule has 2 rings (SSSR count). The molecule has 2 aromatic rings. The molecule has 0 saturated heterocycles. The molecule has 18 heavy (non-hydrogen) atoms. The molecule has 1 amide bonds. The van der Waals surface area contributed by atoms with E-state index in [2.05, 4.69) is 10.3 Å². The zero-order valence-corrected chi connectivity index (χ0v) is 11.1. The molecule has 0 aliphatic carbocycles. The van der Waals surface area contributed by atoms with E-state index in [9.17, 15) is 4.79 Å². The Morgan fingerprint density at radius 2 is 2.33 bits per heavy atom. The Labute approximate surface area is 110 Å². The summed E-state index contributed by atoms with van der Waals surface area (Å²) < 4.78 is 5.36. The summed E-state index contributed by atoms with van der Waals surface area (Å²) >= 11 is 1.45. The van der Waals surface area contributed by atoms with Crippen LogP contribution in [0.1, 0.15) is 22.2 Å². The molecule has 1 aromatic heterocycles. The van der Waals surface area contributed by atoms with Gasteiger partial charge in [-0.2, -0.15) is 0 Å². The highest BCUT2D eigenvalue weighted by atomic mass is 32.1. The molecule has 0 bridgehead atoms. The molecule has 0 atom stereocenters. The molecule has 94 valence electrons. The van der Waals surface area contributed by atoms with Crippen LogP contribution in [0.25, 0.3) is 0 Å². The van der Waals surface area contributed by atoms with Crippen LogP contribution in [0.2, 0.25) is 0 Å². The van der Waals surface area contributed by atoms with Gasteiger partial charge < -0.3 is 4.74 Å². The maximum atomic E-state index is 12.0. The van der Waals surface area contributed by atoms with Gasteiger partial charge in [0.05, 0.1) is 6.61 Å². The van der Waals surface area contributed by atoms with E-state index in [1.165, 1.54) is 11.3 Å². The quantitative estimate of drug-likeness (QED) is 0.921. The van der Waals surface area contributed by atoms with Gasteiger partial charge in [-0.05, 0) is 32.0 Å². The second-order valence-corrected chi connectivity index (χ2v) is 4.93. The number of aromatic nitrogens is 1. The number of carbonyl (C=O) groups is 1. The van der Waals surface area contributed by atoms with Crippen molar-refractivity contribution in [2.75, 3.05) is 11.9 Å². The van der Waals surface area contributed by atoms with E-state index in [1.807, 2.05) is 19.9 Å². The van der Waals surface area contributed by atoms with Gasteiger partial charge in [0.1, 0.15) is 5.75 Å². The Bertz CT molecular complexity index is 551. The number of ether oxygens (including phenoxy) is 1. The van der Waals surface area contributed by atoms with E-state index in [0.29, 0.717) is 23.1 Å². The van der Waals surface area contributed by atoms with E-state index in [-0.39, 0.29) is 5.91 Å². The Balaban J connectivity index is 2.11. The maximum absolute atomic E-state index is 12.0. The Morgan fingerprint density at radius 3 is 3.00 bits per heavy atom. The molecule has 4 nitrogen and oxygen atoms in total. The van der Waals surface area contributed by atoms with Gasteiger partial charge in [-0.15, -0.1) is 11.3 Å². The fraction of sp³-hybridized carbons (Fsp3) is 0.231. The molecule has 0 spiro atoms. The van der Waals surface area contributed by atoms with Gasteiger partial charge >= 0.3 is 0 Å². The summed E-state index contributed by atoms with van der Waals surface area (Å²) in [6, 6.07) is 7.10. The lowest BCUT2D eigenvalue weighted by Crippen LogP contribution is -2.11. The monoisotopic (exact) mass is 262 g/mol. The number of hydrogen-bond donors (Lipinski definition) is 1. The van der Waals surface area contributed by atoms with Gasteiger partial charge in [-0.3, -0.25) is 10.1 Å². The van der Waals surface area contributed by atoms with Crippen LogP contribution in [-0.2, 0) is 0 Å². The van der Waals surface area contributed by atoms with Crippen LogP contribution in [-0.4, -0.2) is 17.5 Å². The van der Waals surface area contributed by atoms with Gasteiger partial charge in [0.2, 0.25) is 0 Å². The number of hydrogen-bond acceptors (Lipinski definition) is 4. The molecule has 0 fully saturated rings. The molecule has 1 aromatic carbocycles. The average molecular weight is 262 g/mol. The first-order valence-corrected chi connectivity index (χ1v) is 6.47. The molecule has 1 heterocycles. The second-order valence-electron chi connectivity index (χ2n) is 3.69. The van der Waals surface area contributed by atoms with Gasteiger partial charge in [-0.25, -0.2) is 4.98 Å². The molecule has 1 N–H and O–H groups in total. The third-order valence-corrected chi connectivity index (χ3v) is 3.08.